The average Bonchev–Trinajstić information content (AvgIpc) is 3.37. The minimum absolute atomic E-state index is 0.118. The second-order valence-electron chi connectivity index (χ2n) is 5.95. The van der Waals surface area contributed by atoms with Crippen molar-refractivity contribution >= 4 is 40.2 Å². The lowest BCUT2D eigenvalue weighted by Crippen LogP contribution is -2.15. The molecule has 1 N–H and O–H groups in total. The first-order valence-corrected chi connectivity index (χ1v) is 10.5. The number of nitrogens with one attached hydrogen (secondary N) is 1. The van der Waals surface area contributed by atoms with Crippen molar-refractivity contribution in [3.8, 4) is 5.75 Å². The summed E-state index contributed by atoms with van der Waals surface area (Å²) in [5.41, 5.74) is 2.40. The summed E-state index contributed by atoms with van der Waals surface area (Å²) in [6.07, 6.45) is 1.16. The van der Waals surface area contributed by atoms with Crippen molar-refractivity contribution < 1.29 is 19.1 Å². The second-order valence-corrected chi connectivity index (χ2v) is 7.67. The number of hydrogen-bond acceptors (Lipinski definition) is 7. The van der Waals surface area contributed by atoms with E-state index in [2.05, 4.69) is 10.3 Å². The monoisotopic (exact) mass is 416 g/mol. The van der Waals surface area contributed by atoms with Crippen LogP contribution in [0.4, 0.5) is 5.69 Å². The first kappa shape index (κ1) is 20.0. The number of aromatic nitrogens is 1. The lowest BCUT2D eigenvalue weighted by atomic mass is 10.2. The number of carbonyl (C=O) groups excluding carboxylic acids is 2. The number of ether oxygens (including phenoxy) is 2. The van der Waals surface area contributed by atoms with E-state index < -0.39 is 0 Å². The quantitative estimate of drug-likeness (QED) is 0.532. The first-order valence-electron chi connectivity index (χ1n) is 8.67. The highest BCUT2D eigenvalue weighted by atomic mass is 32.1. The topological polar surface area (TPSA) is 77.5 Å². The van der Waals surface area contributed by atoms with Crippen LogP contribution in [0, 0.1) is 0 Å². The van der Waals surface area contributed by atoms with Crippen molar-refractivity contribution in [1.82, 2.24) is 4.98 Å². The molecule has 3 rings (SSSR count). The van der Waals surface area contributed by atoms with Gasteiger partial charge in [-0.15, -0.1) is 11.3 Å². The molecule has 2 aromatic heterocycles. The van der Waals surface area contributed by atoms with Crippen LogP contribution in [-0.2, 0) is 33.8 Å². The number of thiophene rings is 1. The third kappa shape index (κ3) is 5.90. The minimum atomic E-state index is -0.255. The predicted molar refractivity (Wildman–Crippen MR) is 110 cm³/mol. The Balaban J connectivity index is 1.44. The fourth-order valence-electron chi connectivity index (χ4n) is 2.48. The molecule has 0 unspecified atom stereocenters. The minimum Gasteiger partial charge on any atom is -0.495 e. The molecule has 3 aromatic rings. The van der Waals surface area contributed by atoms with E-state index in [0.717, 1.165) is 5.56 Å². The number of para-hydroxylation sites is 2. The van der Waals surface area contributed by atoms with Crippen molar-refractivity contribution in [2.45, 2.75) is 25.9 Å². The summed E-state index contributed by atoms with van der Waals surface area (Å²) >= 11 is 2.98. The van der Waals surface area contributed by atoms with Crippen molar-refractivity contribution in [2.24, 2.45) is 0 Å². The molecule has 0 aliphatic carbocycles. The van der Waals surface area contributed by atoms with Gasteiger partial charge in [-0.1, -0.05) is 12.1 Å². The molecule has 2 heterocycles. The number of rotatable bonds is 9. The number of esters is 1. The van der Waals surface area contributed by atoms with Gasteiger partial charge in [-0.3, -0.25) is 9.59 Å². The molecule has 0 aliphatic heterocycles. The highest BCUT2D eigenvalue weighted by Crippen LogP contribution is 2.23. The molecule has 0 radical (unpaired) electrons. The maximum Gasteiger partial charge on any atom is 0.306 e. The van der Waals surface area contributed by atoms with Gasteiger partial charge in [0.1, 0.15) is 17.4 Å². The van der Waals surface area contributed by atoms with E-state index in [1.54, 1.807) is 36.0 Å². The van der Waals surface area contributed by atoms with Crippen LogP contribution in [0.5, 0.6) is 5.75 Å². The van der Waals surface area contributed by atoms with Crippen LogP contribution >= 0.6 is 22.7 Å². The number of amides is 1. The average molecular weight is 417 g/mol. The number of carbonyl (C=O) groups is 2. The van der Waals surface area contributed by atoms with Gasteiger partial charge in [0.2, 0.25) is 5.91 Å². The molecule has 0 saturated heterocycles. The second kappa shape index (κ2) is 10.0. The maximum atomic E-state index is 12.2. The summed E-state index contributed by atoms with van der Waals surface area (Å²) in [5, 5.41) is 9.30. The van der Waals surface area contributed by atoms with E-state index in [1.807, 2.05) is 29.0 Å². The van der Waals surface area contributed by atoms with Crippen LogP contribution in [0.3, 0.4) is 0 Å². The van der Waals surface area contributed by atoms with Crippen LogP contribution in [0.15, 0.2) is 46.5 Å². The summed E-state index contributed by atoms with van der Waals surface area (Å²) in [6.45, 7) is 0.118. The molecule has 6 nitrogen and oxygen atoms in total. The van der Waals surface area contributed by atoms with Crippen LogP contribution in [0.2, 0.25) is 0 Å². The van der Waals surface area contributed by atoms with Gasteiger partial charge in [-0.2, -0.15) is 11.3 Å². The summed E-state index contributed by atoms with van der Waals surface area (Å²) in [5.74, 6) is 0.165. The molecule has 0 fully saturated rings. The molecule has 28 heavy (non-hydrogen) atoms. The largest absolute Gasteiger partial charge is 0.495 e. The predicted octanol–water partition coefficient (Wildman–Crippen LogP) is 4.07. The van der Waals surface area contributed by atoms with Gasteiger partial charge < -0.3 is 14.8 Å². The molecule has 0 aliphatic rings. The SMILES string of the molecule is COc1ccccc1NC(=O)Cc1nc(COC(=O)CCc2ccsc2)cs1. The Morgan fingerprint density at radius 2 is 2.04 bits per heavy atom. The lowest BCUT2D eigenvalue weighted by molar-refractivity contribution is -0.145. The Hall–Kier alpha value is -2.71. The van der Waals surface area contributed by atoms with E-state index in [-0.39, 0.29) is 24.9 Å². The normalized spacial score (nSPS) is 10.5. The van der Waals surface area contributed by atoms with Crippen molar-refractivity contribution in [1.29, 1.82) is 0 Å². The number of anilines is 1. The maximum absolute atomic E-state index is 12.2. The van der Waals surface area contributed by atoms with Gasteiger partial charge >= 0.3 is 5.97 Å². The fraction of sp³-hybridized carbons (Fsp3) is 0.250. The molecule has 0 atom stereocenters. The van der Waals surface area contributed by atoms with E-state index in [1.165, 1.54) is 11.3 Å². The Kier molecular flexibility index (Phi) is 7.16. The summed E-state index contributed by atoms with van der Waals surface area (Å²) in [4.78, 5) is 28.4. The van der Waals surface area contributed by atoms with Crippen molar-refractivity contribution in [2.75, 3.05) is 12.4 Å². The number of methoxy groups -OCH3 is 1. The highest BCUT2D eigenvalue weighted by molar-refractivity contribution is 7.09. The lowest BCUT2D eigenvalue weighted by Gasteiger charge is -2.08. The van der Waals surface area contributed by atoms with Crippen molar-refractivity contribution in [3.63, 3.8) is 0 Å². The third-order valence-corrected chi connectivity index (χ3v) is 5.50. The molecule has 0 bridgehead atoms. The molecular formula is C20H20N2O4S2. The Bertz CT molecular complexity index is 922. The Morgan fingerprint density at radius 3 is 2.82 bits per heavy atom. The molecule has 8 heteroatoms. The number of thiazole rings is 1. The smallest absolute Gasteiger partial charge is 0.306 e. The zero-order valence-electron chi connectivity index (χ0n) is 15.3. The van der Waals surface area contributed by atoms with Gasteiger partial charge in [-0.05, 0) is 40.9 Å². The molecular weight excluding hydrogens is 396 g/mol. The van der Waals surface area contributed by atoms with E-state index in [9.17, 15) is 9.59 Å². The third-order valence-electron chi connectivity index (χ3n) is 3.87. The Labute approximate surface area is 171 Å². The summed E-state index contributed by atoms with van der Waals surface area (Å²) in [7, 11) is 1.56. The molecule has 1 aromatic carbocycles. The fourth-order valence-corrected chi connectivity index (χ4v) is 3.96. The van der Waals surface area contributed by atoms with Crippen molar-refractivity contribution in [3.05, 3.63) is 62.7 Å². The molecule has 0 saturated carbocycles. The number of benzene rings is 1. The van der Waals surface area contributed by atoms with Gasteiger partial charge in [0, 0.05) is 11.8 Å². The number of aryl methyl sites for hydroxylation is 1. The van der Waals surface area contributed by atoms with Gasteiger partial charge in [-0.25, -0.2) is 4.98 Å². The van der Waals surface area contributed by atoms with Gasteiger partial charge in [0.15, 0.2) is 0 Å². The first-order chi connectivity index (χ1) is 13.6. The summed E-state index contributed by atoms with van der Waals surface area (Å²) < 4.78 is 10.5. The van der Waals surface area contributed by atoms with Crippen LogP contribution in [0.1, 0.15) is 22.7 Å². The van der Waals surface area contributed by atoms with Crippen LogP contribution in [0.25, 0.3) is 0 Å². The zero-order chi connectivity index (χ0) is 19.8. The summed E-state index contributed by atoms with van der Waals surface area (Å²) in [6, 6.07) is 9.22. The van der Waals surface area contributed by atoms with Gasteiger partial charge in [0.05, 0.1) is 24.9 Å². The van der Waals surface area contributed by atoms with E-state index >= 15 is 0 Å². The molecule has 1 amide bonds. The number of nitrogens with zero attached hydrogens (tertiary/aromatic N) is 1. The van der Waals surface area contributed by atoms with Gasteiger partial charge in [0.25, 0.3) is 0 Å². The molecule has 0 spiro atoms. The standard InChI is InChI=1S/C20H20N2O4S2/c1-25-17-5-3-2-4-16(17)22-18(23)10-19-21-15(13-28-19)11-26-20(24)7-6-14-8-9-27-12-14/h2-5,8-9,12-13H,6-7,10-11H2,1H3,(H,22,23). The molecule has 146 valence electrons. The van der Waals surface area contributed by atoms with Crippen LogP contribution in [-0.4, -0.2) is 24.0 Å². The highest BCUT2D eigenvalue weighted by Gasteiger charge is 2.12. The zero-order valence-corrected chi connectivity index (χ0v) is 17.0. The van der Waals surface area contributed by atoms with Crippen LogP contribution < -0.4 is 10.1 Å². The van der Waals surface area contributed by atoms with E-state index in [0.29, 0.717) is 35.0 Å². The number of hydrogen-bond donors (Lipinski definition) is 1. The van der Waals surface area contributed by atoms with E-state index in [4.69, 9.17) is 9.47 Å². The Morgan fingerprint density at radius 1 is 1.18 bits per heavy atom.